The van der Waals surface area contributed by atoms with E-state index in [1.165, 1.54) is 11.3 Å². The number of amides is 1. The SMILES string of the molecule is O=C(CCCOc1cccc(Br)c1)Nc1nccs1. The monoisotopic (exact) mass is 340 g/mol. The predicted molar refractivity (Wildman–Crippen MR) is 79.6 cm³/mol. The minimum Gasteiger partial charge on any atom is -0.494 e. The lowest BCUT2D eigenvalue weighted by Gasteiger charge is -2.06. The first kappa shape index (κ1) is 14.0. The van der Waals surface area contributed by atoms with Crippen molar-refractivity contribution >= 4 is 38.3 Å². The lowest BCUT2D eigenvalue weighted by atomic mass is 10.3. The van der Waals surface area contributed by atoms with Crippen molar-refractivity contribution in [1.82, 2.24) is 4.98 Å². The Balaban J connectivity index is 1.65. The molecule has 0 bridgehead atoms. The zero-order valence-electron chi connectivity index (χ0n) is 10.1. The molecule has 0 aliphatic carbocycles. The third kappa shape index (κ3) is 5.00. The number of thiazole rings is 1. The van der Waals surface area contributed by atoms with Crippen molar-refractivity contribution < 1.29 is 9.53 Å². The number of nitrogens with one attached hydrogen (secondary N) is 1. The molecule has 4 nitrogen and oxygen atoms in total. The first-order chi connectivity index (χ1) is 9.24. The van der Waals surface area contributed by atoms with E-state index in [1.807, 2.05) is 29.6 Å². The molecule has 0 saturated heterocycles. The Kier molecular flexibility index (Phi) is 5.35. The van der Waals surface area contributed by atoms with Crippen LogP contribution in [0.2, 0.25) is 0 Å². The van der Waals surface area contributed by atoms with Crippen molar-refractivity contribution in [3.63, 3.8) is 0 Å². The summed E-state index contributed by atoms with van der Waals surface area (Å²) in [7, 11) is 0. The predicted octanol–water partition coefficient (Wildman–Crippen LogP) is 3.70. The fraction of sp³-hybridized carbons (Fsp3) is 0.231. The van der Waals surface area contributed by atoms with Crippen LogP contribution in [0.3, 0.4) is 0 Å². The highest BCUT2D eigenvalue weighted by atomic mass is 79.9. The Morgan fingerprint density at radius 3 is 3.11 bits per heavy atom. The van der Waals surface area contributed by atoms with Crippen LogP contribution in [0, 0.1) is 0 Å². The topological polar surface area (TPSA) is 51.2 Å². The molecule has 0 atom stereocenters. The lowest BCUT2D eigenvalue weighted by Crippen LogP contribution is -2.12. The molecule has 1 amide bonds. The number of anilines is 1. The second-order valence-electron chi connectivity index (χ2n) is 3.79. The zero-order chi connectivity index (χ0) is 13.5. The maximum atomic E-state index is 11.6. The molecule has 1 N–H and O–H groups in total. The number of hydrogen-bond donors (Lipinski definition) is 1. The summed E-state index contributed by atoms with van der Waals surface area (Å²) in [6, 6.07) is 7.64. The minimum absolute atomic E-state index is 0.0345. The van der Waals surface area contributed by atoms with E-state index in [9.17, 15) is 4.79 Å². The summed E-state index contributed by atoms with van der Waals surface area (Å²) < 4.78 is 6.53. The molecule has 0 aliphatic rings. The van der Waals surface area contributed by atoms with Gasteiger partial charge in [0.05, 0.1) is 6.61 Å². The number of carbonyl (C=O) groups excluding carboxylic acids is 1. The van der Waals surface area contributed by atoms with Crippen LogP contribution in [-0.2, 0) is 4.79 Å². The highest BCUT2D eigenvalue weighted by Gasteiger charge is 2.04. The van der Waals surface area contributed by atoms with Gasteiger partial charge >= 0.3 is 0 Å². The highest BCUT2D eigenvalue weighted by Crippen LogP contribution is 2.18. The average molecular weight is 341 g/mol. The lowest BCUT2D eigenvalue weighted by molar-refractivity contribution is -0.116. The van der Waals surface area contributed by atoms with Gasteiger partial charge in [-0.3, -0.25) is 4.79 Å². The van der Waals surface area contributed by atoms with E-state index in [1.54, 1.807) is 6.20 Å². The van der Waals surface area contributed by atoms with Gasteiger partial charge in [0.15, 0.2) is 5.13 Å². The molecule has 0 aliphatic heterocycles. The van der Waals surface area contributed by atoms with Gasteiger partial charge in [-0.15, -0.1) is 11.3 Å². The second kappa shape index (κ2) is 7.25. The molecular formula is C13H13BrN2O2S. The smallest absolute Gasteiger partial charge is 0.226 e. The molecule has 1 aromatic carbocycles. The molecule has 0 spiro atoms. The Hall–Kier alpha value is -1.40. The van der Waals surface area contributed by atoms with Gasteiger partial charge in [0.25, 0.3) is 0 Å². The molecule has 0 fully saturated rings. The highest BCUT2D eigenvalue weighted by molar-refractivity contribution is 9.10. The molecule has 2 aromatic rings. The largest absolute Gasteiger partial charge is 0.494 e. The number of halogens is 1. The van der Waals surface area contributed by atoms with E-state index < -0.39 is 0 Å². The van der Waals surface area contributed by atoms with E-state index in [-0.39, 0.29) is 5.91 Å². The van der Waals surface area contributed by atoms with E-state index in [0.717, 1.165) is 10.2 Å². The summed E-state index contributed by atoms with van der Waals surface area (Å²) in [4.78, 5) is 15.6. The number of nitrogens with zero attached hydrogens (tertiary/aromatic N) is 1. The maximum absolute atomic E-state index is 11.6. The van der Waals surface area contributed by atoms with E-state index in [0.29, 0.717) is 24.6 Å². The van der Waals surface area contributed by atoms with Crippen LogP contribution in [0.4, 0.5) is 5.13 Å². The number of rotatable bonds is 6. The molecule has 0 unspecified atom stereocenters. The second-order valence-corrected chi connectivity index (χ2v) is 5.61. The molecule has 1 aromatic heterocycles. The van der Waals surface area contributed by atoms with Crippen molar-refractivity contribution in [2.75, 3.05) is 11.9 Å². The Morgan fingerprint density at radius 2 is 2.37 bits per heavy atom. The van der Waals surface area contributed by atoms with Gasteiger partial charge in [0, 0.05) is 22.5 Å². The van der Waals surface area contributed by atoms with Crippen LogP contribution in [0.5, 0.6) is 5.75 Å². The van der Waals surface area contributed by atoms with Gasteiger partial charge in [-0.1, -0.05) is 22.0 Å². The fourth-order valence-corrected chi connectivity index (χ4v) is 2.37. The summed E-state index contributed by atoms with van der Waals surface area (Å²) >= 11 is 4.79. The van der Waals surface area contributed by atoms with Crippen LogP contribution in [0.1, 0.15) is 12.8 Å². The third-order valence-corrected chi connectivity index (χ3v) is 3.47. The van der Waals surface area contributed by atoms with Crippen molar-refractivity contribution in [2.24, 2.45) is 0 Å². The van der Waals surface area contributed by atoms with Crippen molar-refractivity contribution in [1.29, 1.82) is 0 Å². The van der Waals surface area contributed by atoms with Crippen LogP contribution in [-0.4, -0.2) is 17.5 Å². The summed E-state index contributed by atoms with van der Waals surface area (Å²) in [6.45, 7) is 0.516. The quantitative estimate of drug-likeness (QED) is 0.815. The standard InChI is InChI=1S/C13H13BrN2O2S/c14-10-3-1-4-11(9-10)18-7-2-5-12(17)16-13-15-6-8-19-13/h1,3-4,6,8-9H,2,5,7H2,(H,15,16,17). The molecule has 6 heteroatoms. The molecule has 0 radical (unpaired) electrons. The van der Waals surface area contributed by atoms with Crippen molar-refractivity contribution in [2.45, 2.75) is 12.8 Å². The number of ether oxygens (including phenoxy) is 1. The summed E-state index contributed by atoms with van der Waals surface area (Å²) in [5.74, 6) is 0.766. The third-order valence-electron chi connectivity index (χ3n) is 2.29. The van der Waals surface area contributed by atoms with Crippen molar-refractivity contribution in [3.8, 4) is 5.75 Å². The Bertz CT molecular complexity index is 531. The minimum atomic E-state index is -0.0345. The zero-order valence-corrected chi connectivity index (χ0v) is 12.5. The fourth-order valence-electron chi connectivity index (χ4n) is 1.45. The summed E-state index contributed by atoms with van der Waals surface area (Å²) in [5, 5.41) is 5.20. The molecular weight excluding hydrogens is 328 g/mol. The van der Waals surface area contributed by atoms with Crippen LogP contribution in [0.25, 0.3) is 0 Å². The molecule has 19 heavy (non-hydrogen) atoms. The molecule has 1 heterocycles. The number of hydrogen-bond acceptors (Lipinski definition) is 4. The van der Waals surface area contributed by atoms with Gasteiger partial charge in [0.2, 0.25) is 5.91 Å². The molecule has 100 valence electrons. The molecule has 2 rings (SSSR count). The first-order valence-corrected chi connectivity index (χ1v) is 7.49. The van der Waals surface area contributed by atoms with Gasteiger partial charge in [-0.25, -0.2) is 4.98 Å². The maximum Gasteiger partial charge on any atom is 0.226 e. The van der Waals surface area contributed by atoms with Gasteiger partial charge in [-0.05, 0) is 24.6 Å². The van der Waals surface area contributed by atoms with Crippen LogP contribution in [0.15, 0.2) is 40.3 Å². The number of aromatic nitrogens is 1. The van der Waals surface area contributed by atoms with Gasteiger partial charge < -0.3 is 10.1 Å². The van der Waals surface area contributed by atoms with Crippen LogP contribution >= 0.6 is 27.3 Å². The van der Waals surface area contributed by atoms with E-state index in [4.69, 9.17) is 4.74 Å². The van der Waals surface area contributed by atoms with Gasteiger partial charge in [-0.2, -0.15) is 0 Å². The number of carbonyl (C=O) groups is 1. The van der Waals surface area contributed by atoms with Gasteiger partial charge in [0.1, 0.15) is 5.75 Å². The summed E-state index contributed by atoms with van der Waals surface area (Å²) in [6.07, 6.45) is 2.76. The van der Waals surface area contributed by atoms with Crippen molar-refractivity contribution in [3.05, 3.63) is 40.3 Å². The van der Waals surface area contributed by atoms with E-state index >= 15 is 0 Å². The van der Waals surface area contributed by atoms with E-state index in [2.05, 4.69) is 26.2 Å². The summed E-state index contributed by atoms with van der Waals surface area (Å²) in [5.41, 5.74) is 0. The Labute approximate surface area is 124 Å². The Morgan fingerprint density at radius 1 is 1.47 bits per heavy atom. The van der Waals surface area contributed by atoms with Crippen LogP contribution < -0.4 is 10.1 Å². The average Bonchev–Trinajstić information content (AvgIpc) is 2.87. The molecule has 0 saturated carbocycles. The first-order valence-electron chi connectivity index (χ1n) is 5.82. The normalized spacial score (nSPS) is 10.2. The number of benzene rings is 1.